The Morgan fingerprint density at radius 2 is 2.17 bits per heavy atom. The summed E-state index contributed by atoms with van der Waals surface area (Å²) in [7, 11) is 0. The highest BCUT2D eigenvalue weighted by Crippen LogP contribution is 2.28. The number of thiophene rings is 1. The smallest absolute Gasteiger partial charge is 0.264 e. The fraction of sp³-hybridized carbons (Fsp3) is 0.500. The number of carbonyl (C=O) groups excluding carboxylic acids is 2. The second kappa shape index (κ2) is 6.89. The number of unbranched alkanes of at least 4 members (excludes halogenated alkanes) is 1. The Kier molecular flexibility index (Phi) is 5.81. The Labute approximate surface area is 119 Å². The van der Waals surface area contributed by atoms with Gasteiger partial charge in [0, 0.05) is 6.54 Å². The van der Waals surface area contributed by atoms with E-state index in [2.05, 4.69) is 15.9 Å². The molecule has 0 bridgehead atoms. The van der Waals surface area contributed by atoms with Gasteiger partial charge in [0.15, 0.2) is 0 Å². The first kappa shape index (κ1) is 15.2. The van der Waals surface area contributed by atoms with Crippen LogP contribution in [0.25, 0.3) is 0 Å². The number of nitrogens with zero attached hydrogens (tertiary/aromatic N) is 1. The van der Waals surface area contributed by atoms with Crippen LogP contribution in [0.5, 0.6) is 0 Å². The van der Waals surface area contributed by atoms with Crippen molar-refractivity contribution in [3.05, 3.63) is 20.3 Å². The van der Waals surface area contributed by atoms with Crippen molar-refractivity contribution in [1.82, 2.24) is 4.90 Å². The minimum Gasteiger partial charge on any atom is -0.368 e. The number of carbonyl (C=O) groups is 2. The molecule has 1 aromatic rings. The van der Waals surface area contributed by atoms with Gasteiger partial charge in [0.2, 0.25) is 5.91 Å². The highest BCUT2D eigenvalue weighted by Gasteiger charge is 2.19. The Bertz CT molecular complexity index is 426. The van der Waals surface area contributed by atoms with Crippen LogP contribution in [0, 0.1) is 6.92 Å². The second-order valence-electron chi connectivity index (χ2n) is 4.11. The molecule has 0 unspecified atom stereocenters. The summed E-state index contributed by atoms with van der Waals surface area (Å²) in [5.41, 5.74) is 6.20. The van der Waals surface area contributed by atoms with Crippen LogP contribution in [0.3, 0.4) is 0 Å². The Hall–Kier alpha value is -0.880. The molecule has 0 atom stereocenters. The van der Waals surface area contributed by atoms with Gasteiger partial charge in [-0.25, -0.2) is 0 Å². The maximum Gasteiger partial charge on any atom is 0.264 e. The van der Waals surface area contributed by atoms with Gasteiger partial charge < -0.3 is 10.6 Å². The minimum atomic E-state index is -0.480. The van der Waals surface area contributed by atoms with Gasteiger partial charge in [0.05, 0.1) is 15.2 Å². The number of halogens is 1. The standard InChI is InChI=1S/C12H17BrN2O2S/c1-3-4-5-15(7-10(14)16)12(17)9-6-8(2)11(13)18-9/h6H,3-5,7H2,1-2H3,(H2,14,16). The minimum absolute atomic E-state index is 0.0204. The first-order chi connectivity index (χ1) is 8.45. The topological polar surface area (TPSA) is 63.4 Å². The molecule has 2 N–H and O–H groups in total. The fourth-order valence-corrected chi connectivity index (χ4v) is 3.01. The molecule has 18 heavy (non-hydrogen) atoms. The zero-order valence-electron chi connectivity index (χ0n) is 10.5. The first-order valence-corrected chi connectivity index (χ1v) is 7.40. The summed E-state index contributed by atoms with van der Waals surface area (Å²) in [6, 6.07) is 1.83. The lowest BCUT2D eigenvalue weighted by Crippen LogP contribution is -2.38. The van der Waals surface area contributed by atoms with Crippen molar-refractivity contribution >= 4 is 39.1 Å². The van der Waals surface area contributed by atoms with E-state index in [0.717, 1.165) is 22.2 Å². The van der Waals surface area contributed by atoms with Crippen LogP contribution in [0.15, 0.2) is 9.85 Å². The highest BCUT2D eigenvalue weighted by molar-refractivity contribution is 9.11. The molecule has 0 aromatic carbocycles. The Morgan fingerprint density at radius 1 is 1.50 bits per heavy atom. The average molecular weight is 333 g/mol. The van der Waals surface area contributed by atoms with Crippen molar-refractivity contribution in [3.8, 4) is 0 Å². The molecule has 1 heterocycles. The van der Waals surface area contributed by atoms with Crippen molar-refractivity contribution in [2.24, 2.45) is 5.73 Å². The largest absolute Gasteiger partial charge is 0.368 e. The van der Waals surface area contributed by atoms with Gasteiger partial charge in [-0.1, -0.05) is 13.3 Å². The predicted molar refractivity (Wildman–Crippen MR) is 76.8 cm³/mol. The number of nitrogens with two attached hydrogens (primary N) is 1. The molecule has 0 spiro atoms. The summed E-state index contributed by atoms with van der Waals surface area (Å²) in [5, 5.41) is 0. The van der Waals surface area contributed by atoms with E-state index < -0.39 is 5.91 Å². The predicted octanol–water partition coefficient (Wildman–Crippen LogP) is 2.55. The Balaban J connectivity index is 2.83. The summed E-state index contributed by atoms with van der Waals surface area (Å²) in [6.07, 6.45) is 1.83. The second-order valence-corrected chi connectivity index (χ2v) is 6.48. The van der Waals surface area contributed by atoms with Crippen LogP contribution in [0.2, 0.25) is 0 Å². The molecule has 6 heteroatoms. The van der Waals surface area contributed by atoms with Crippen molar-refractivity contribution in [1.29, 1.82) is 0 Å². The van der Waals surface area contributed by atoms with Gasteiger partial charge >= 0.3 is 0 Å². The SMILES string of the molecule is CCCCN(CC(N)=O)C(=O)c1cc(C)c(Br)s1. The van der Waals surface area contributed by atoms with Crippen molar-refractivity contribution in [3.63, 3.8) is 0 Å². The zero-order valence-corrected chi connectivity index (χ0v) is 12.9. The molecule has 100 valence electrons. The maximum atomic E-state index is 12.3. The van der Waals surface area contributed by atoms with Gasteiger partial charge in [-0.3, -0.25) is 9.59 Å². The number of aryl methyl sites for hydroxylation is 1. The van der Waals surface area contributed by atoms with Gasteiger partial charge in [0.25, 0.3) is 5.91 Å². The van der Waals surface area contributed by atoms with Crippen molar-refractivity contribution < 1.29 is 9.59 Å². The van der Waals surface area contributed by atoms with Crippen LogP contribution in [0.4, 0.5) is 0 Å². The van der Waals surface area contributed by atoms with Crippen LogP contribution in [-0.4, -0.2) is 29.8 Å². The van der Waals surface area contributed by atoms with E-state index >= 15 is 0 Å². The maximum absolute atomic E-state index is 12.3. The molecule has 2 amide bonds. The summed E-state index contributed by atoms with van der Waals surface area (Å²) in [5.74, 6) is -0.604. The molecule has 1 rings (SSSR count). The molecule has 4 nitrogen and oxygen atoms in total. The monoisotopic (exact) mass is 332 g/mol. The molecule has 0 fully saturated rings. The molecular weight excluding hydrogens is 316 g/mol. The van der Waals surface area contributed by atoms with E-state index in [1.54, 1.807) is 0 Å². The van der Waals surface area contributed by atoms with E-state index in [1.807, 2.05) is 19.9 Å². The normalized spacial score (nSPS) is 10.4. The summed E-state index contributed by atoms with van der Waals surface area (Å²) in [6.45, 7) is 4.51. The molecule has 0 aliphatic heterocycles. The molecule has 0 aliphatic rings. The van der Waals surface area contributed by atoms with E-state index in [9.17, 15) is 9.59 Å². The van der Waals surface area contributed by atoms with Crippen LogP contribution in [0.1, 0.15) is 35.0 Å². The van der Waals surface area contributed by atoms with Crippen LogP contribution < -0.4 is 5.73 Å². The number of hydrogen-bond acceptors (Lipinski definition) is 3. The van der Waals surface area contributed by atoms with Crippen molar-refractivity contribution in [2.75, 3.05) is 13.1 Å². The molecular formula is C12H17BrN2O2S. The number of amides is 2. The number of hydrogen-bond donors (Lipinski definition) is 1. The van der Waals surface area contributed by atoms with Gasteiger partial charge in [-0.15, -0.1) is 11.3 Å². The lowest BCUT2D eigenvalue weighted by Gasteiger charge is -2.20. The van der Waals surface area contributed by atoms with E-state index in [0.29, 0.717) is 11.4 Å². The third-order valence-corrected chi connectivity index (χ3v) is 4.61. The van der Waals surface area contributed by atoms with Gasteiger partial charge in [-0.2, -0.15) is 0 Å². The Morgan fingerprint density at radius 3 is 2.61 bits per heavy atom. The van der Waals surface area contributed by atoms with Crippen LogP contribution >= 0.6 is 27.3 Å². The van der Waals surface area contributed by atoms with E-state index in [4.69, 9.17) is 5.73 Å². The molecule has 0 radical (unpaired) electrons. The molecule has 0 aliphatic carbocycles. The molecule has 0 saturated heterocycles. The summed E-state index contributed by atoms with van der Waals surface area (Å²) in [4.78, 5) is 25.4. The third-order valence-electron chi connectivity index (χ3n) is 2.48. The van der Waals surface area contributed by atoms with E-state index in [-0.39, 0.29) is 12.5 Å². The average Bonchev–Trinajstić information content (AvgIpc) is 2.63. The zero-order chi connectivity index (χ0) is 13.7. The van der Waals surface area contributed by atoms with E-state index in [1.165, 1.54) is 16.2 Å². The fourth-order valence-electron chi connectivity index (χ4n) is 1.51. The highest BCUT2D eigenvalue weighted by atomic mass is 79.9. The lowest BCUT2D eigenvalue weighted by atomic mass is 10.2. The summed E-state index contributed by atoms with van der Waals surface area (Å²) >= 11 is 4.78. The quantitative estimate of drug-likeness (QED) is 0.869. The van der Waals surface area contributed by atoms with Crippen molar-refractivity contribution in [2.45, 2.75) is 26.7 Å². The van der Waals surface area contributed by atoms with Gasteiger partial charge in [-0.05, 0) is 40.9 Å². The lowest BCUT2D eigenvalue weighted by molar-refractivity contribution is -0.118. The first-order valence-electron chi connectivity index (χ1n) is 5.79. The molecule has 1 aromatic heterocycles. The van der Waals surface area contributed by atoms with Crippen LogP contribution in [-0.2, 0) is 4.79 Å². The summed E-state index contributed by atoms with van der Waals surface area (Å²) < 4.78 is 0.945. The molecule has 0 saturated carbocycles. The van der Waals surface area contributed by atoms with Gasteiger partial charge in [0.1, 0.15) is 0 Å². The number of primary amides is 1. The third kappa shape index (κ3) is 4.10. The number of rotatable bonds is 6.